The molecule has 2 aromatic carbocycles. The summed E-state index contributed by atoms with van der Waals surface area (Å²) >= 11 is 2.82. The summed E-state index contributed by atoms with van der Waals surface area (Å²) in [5.41, 5.74) is 1.20. The molecule has 0 radical (unpaired) electrons. The number of nitrogens with zero attached hydrogens (tertiary/aromatic N) is 1. The zero-order valence-electron chi connectivity index (χ0n) is 15.3. The largest absolute Gasteiger partial charge is 0.497 e. The van der Waals surface area contributed by atoms with Crippen molar-refractivity contribution in [3.8, 4) is 5.75 Å². The van der Waals surface area contributed by atoms with Gasteiger partial charge in [-0.05, 0) is 49.4 Å². The van der Waals surface area contributed by atoms with Crippen LogP contribution in [-0.2, 0) is 4.79 Å². The topological polar surface area (TPSA) is 80.3 Å². The summed E-state index contributed by atoms with van der Waals surface area (Å²) in [5.74, 6) is 0.315. The molecule has 2 amide bonds. The maximum absolute atomic E-state index is 12.4. The molecule has 1 heterocycles. The molecule has 144 valence electrons. The van der Waals surface area contributed by atoms with Gasteiger partial charge in [-0.3, -0.25) is 9.59 Å². The lowest BCUT2D eigenvalue weighted by Crippen LogP contribution is -2.22. The molecule has 1 atom stereocenters. The van der Waals surface area contributed by atoms with Gasteiger partial charge in [0.15, 0.2) is 5.13 Å². The standard InChI is InChI=1S/C20H19N3O3S2/c1-13(18(24)23-20-21-10-11-27-20)28-17-8-6-15(7-9-17)22-19(25)14-4-3-5-16(12-14)26-2/h3-13H,1-2H3,(H,22,25)(H,21,23,24). The maximum atomic E-state index is 12.4. The van der Waals surface area contributed by atoms with E-state index in [0.717, 1.165) is 4.90 Å². The number of ether oxygens (including phenoxy) is 1. The third-order valence-corrected chi connectivity index (χ3v) is 5.59. The average Bonchev–Trinajstić information content (AvgIpc) is 3.22. The number of anilines is 2. The van der Waals surface area contributed by atoms with Gasteiger partial charge in [0, 0.05) is 27.7 Å². The van der Waals surface area contributed by atoms with E-state index in [2.05, 4.69) is 15.6 Å². The van der Waals surface area contributed by atoms with E-state index in [9.17, 15) is 9.59 Å². The van der Waals surface area contributed by atoms with Gasteiger partial charge in [-0.1, -0.05) is 6.07 Å². The third kappa shape index (κ3) is 5.34. The van der Waals surface area contributed by atoms with Crippen LogP contribution in [0.25, 0.3) is 0 Å². The van der Waals surface area contributed by atoms with Gasteiger partial charge in [0.2, 0.25) is 5.91 Å². The number of methoxy groups -OCH3 is 1. The zero-order chi connectivity index (χ0) is 19.9. The Labute approximate surface area is 171 Å². The highest BCUT2D eigenvalue weighted by Gasteiger charge is 2.15. The highest BCUT2D eigenvalue weighted by atomic mass is 32.2. The van der Waals surface area contributed by atoms with E-state index in [1.54, 1.807) is 37.6 Å². The summed E-state index contributed by atoms with van der Waals surface area (Å²) in [6.07, 6.45) is 1.65. The minimum atomic E-state index is -0.277. The Balaban J connectivity index is 1.56. The summed E-state index contributed by atoms with van der Waals surface area (Å²) in [6.45, 7) is 1.84. The highest BCUT2D eigenvalue weighted by Crippen LogP contribution is 2.26. The van der Waals surface area contributed by atoms with E-state index in [-0.39, 0.29) is 17.1 Å². The van der Waals surface area contributed by atoms with Crippen LogP contribution in [0.2, 0.25) is 0 Å². The molecule has 0 bridgehead atoms. The van der Waals surface area contributed by atoms with Crippen LogP contribution in [-0.4, -0.2) is 29.2 Å². The first kappa shape index (κ1) is 19.9. The maximum Gasteiger partial charge on any atom is 0.255 e. The molecule has 0 aliphatic rings. The molecular weight excluding hydrogens is 394 g/mol. The van der Waals surface area contributed by atoms with Gasteiger partial charge in [-0.15, -0.1) is 23.1 Å². The molecule has 8 heteroatoms. The Morgan fingerprint density at radius 2 is 1.93 bits per heavy atom. The van der Waals surface area contributed by atoms with Crippen molar-refractivity contribution in [2.75, 3.05) is 17.7 Å². The Kier molecular flexibility index (Phi) is 6.67. The first-order valence-electron chi connectivity index (χ1n) is 8.47. The van der Waals surface area contributed by atoms with E-state index >= 15 is 0 Å². The van der Waals surface area contributed by atoms with E-state index in [4.69, 9.17) is 4.74 Å². The number of nitrogens with one attached hydrogen (secondary N) is 2. The van der Waals surface area contributed by atoms with Crippen LogP contribution in [0, 0.1) is 0 Å². The van der Waals surface area contributed by atoms with Gasteiger partial charge in [-0.2, -0.15) is 0 Å². The van der Waals surface area contributed by atoms with Crippen molar-refractivity contribution < 1.29 is 14.3 Å². The Morgan fingerprint density at radius 1 is 1.14 bits per heavy atom. The predicted molar refractivity (Wildman–Crippen MR) is 113 cm³/mol. The second-order valence-electron chi connectivity index (χ2n) is 5.80. The average molecular weight is 414 g/mol. The number of rotatable bonds is 7. The summed E-state index contributed by atoms with van der Waals surface area (Å²) in [5, 5.41) is 7.77. The van der Waals surface area contributed by atoms with Gasteiger partial charge in [-0.25, -0.2) is 4.98 Å². The van der Waals surface area contributed by atoms with Gasteiger partial charge in [0.05, 0.1) is 12.4 Å². The lowest BCUT2D eigenvalue weighted by Gasteiger charge is -2.11. The monoisotopic (exact) mass is 413 g/mol. The number of hydrogen-bond donors (Lipinski definition) is 2. The van der Waals surface area contributed by atoms with Crippen molar-refractivity contribution in [2.24, 2.45) is 0 Å². The lowest BCUT2D eigenvalue weighted by atomic mass is 10.2. The van der Waals surface area contributed by atoms with Crippen molar-refractivity contribution in [3.05, 3.63) is 65.7 Å². The smallest absolute Gasteiger partial charge is 0.255 e. The molecule has 28 heavy (non-hydrogen) atoms. The van der Waals surface area contributed by atoms with Crippen LogP contribution < -0.4 is 15.4 Å². The molecule has 0 fully saturated rings. The molecule has 2 N–H and O–H groups in total. The molecule has 1 aromatic heterocycles. The fourth-order valence-corrected chi connectivity index (χ4v) is 3.73. The molecule has 0 aliphatic heterocycles. The minimum Gasteiger partial charge on any atom is -0.497 e. The quantitative estimate of drug-likeness (QED) is 0.557. The van der Waals surface area contributed by atoms with Gasteiger partial charge < -0.3 is 15.4 Å². The first-order valence-corrected chi connectivity index (χ1v) is 10.2. The number of benzene rings is 2. The summed E-state index contributed by atoms with van der Waals surface area (Å²) in [4.78, 5) is 29.5. The minimum absolute atomic E-state index is 0.102. The SMILES string of the molecule is COc1cccc(C(=O)Nc2ccc(SC(C)C(=O)Nc3nccs3)cc2)c1. The van der Waals surface area contributed by atoms with Gasteiger partial charge in [0.1, 0.15) is 5.75 Å². The van der Waals surface area contributed by atoms with Crippen LogP contribution in [0.15, 0.2) is 65.0 Å². The number of carbonyl (C=O) groups excluding carboxylic acids is 2. The van der Waals surface area contributed by atoms with Crippen LogP contribution in [0.5, 0.6) is 5.75 Å². The highest BCUT2D eigenvalue weighted by molar-refractivity contribution is 8.00. The van der Waals surface area contributed by atoms with Crippen molar-refractivity contribution >= 4 is 45.7 Å². The van der Waals surface area contributed by atoms with E-state index in [1.807, 2.05) is 36.6 Å². The molecule has 0 spiro atoms. The number of thioether (sulfide) groups is 1. The number of aromatic nitrogens is 1. The van der Waals surface area contributed by atoms with Crippen LogP contribution >= 0.6 is 23.1 Å². The molecule has 1 unspecified atom stereocenters. The molecule has 6 nitrogen and oxygen atoms in total. The van der Waals surface area contributed by atoms with Crippen LogP contribution in [0.1, 0.15) is 17.3 Å². The molecule has 0 saturated carbocycles. The van der Waals surface area contributed by atoms with E-state index in [0.29, 0.717) is 22.1 Å². The molecular formula is C20H19N3O3S2. The normalized spacial score (nSPS) is 11.5. The second kappa shape index (κ2) is 9.38. The molecule has 3 aromatic rings. The van der Waals surface area contributed by atoms with Gasteiger partial charge in [0.25, 0.3) is 5.91 Å². The van der Waals surface area contributed by atoms with Crippen molar-refractivity contribution in [1.82, 2.24) is 4.98 Å². The second-order valence-corrected chi connectivity index (χ2v) is 8.11. The molecule has 0 aliphatic carbocycles. The zero-order valence-corrected chi connectivity index (χ0v) is 17.0. The fraction of sp³-hybridized carbons (Fsp3) is 0.150. The molecule has 3 rings (SSSR count). The lowest BCUT2D eigenvalue weighted by molar-refractivity contribution is -0.115. The number of carbonyl (C=O) groups is 2. The summed E-state index contributed by atoms with van der Waals surface area (Å²) < 4.78 is 5.14. The summed E-state index contributed by atoms with van der Waals surface area (Å²) in [6, 6.07) is 14.3. The van der Waals surface area contributed by atoms with Crippen molar-refractivity contribution in [2.45, 2.75) is 17.1 Å². The van der Waals surface area contributed by atoms with Crippen molar-refractivity contribution in [1.29, 1.82) is 0 Å². The Hall–Kier alpha value is -2.84. The predicted octanol–water partition coefficient (Wildman–Crippen LogP) is 4.52. The summed E-state index contributed by atoms with van der Waals surface area (Å²) in [7, 11) is 1.56. The number of thiazole rings is 1. The van der Waals surface area contributed by atoms with Crippen molar-refractivity contribution in [3.63, 3.8) is 0 Å². The Morgan fingerprint density at radius 3 is 2.61 bits per heavy atom. The van der Waals surface area contributed by atoms with E-state index < -0.39 is 0 Å². The van der Waals surface area contributed by atoms with Gasteiger partial charge >= 0.3 is 0 Å². The van der Waals surface area contributed by atoms with Crippen LogP contribution in [0.4, 0.5) is 10.8 Å². The molecule has 0 saturated heterocycles. The van der Waals surface area contributed by atoms with Crippen LogP contribution in [0.3, 0.4) is 0 Å². The first-order chi connectivity index (χ1) is 13.5. The Bertz CT molecular complexity index is 944. The third-order valence-electron chi connectivity index (χ3n) is 3.79. The number of hydrogen-bond acceptors (Lipinski definition) is 6. The van der Waals surface area contributed by atoms with E-state index in [1.165, 1.54) is 23.1 Å². The number of amides is 2. The fourth-order valence-electron chi connectivity index (χ4n) is 2.33.